The number of halogens is 1. The minimum Gasteiger partial charge on any atom is -0.352 e. The van der Waals surface area contributed by atoms with Gasteiger partial charge in [-0.15, -0.1) is 24.0 Å². The lowest BCUT2D eigenvalue weighted by molar-refractivity contribution is 0.221. The van der Waals surface area contributed by atoms with Crippen LogP contribution in [0.5, 0.6) is 0 Å². The van der Waals surface area contributed by atoms with Crippen LogP contribution < -0.4 is 10.6 Å². The second kappa shape index (κ2) is 12.0. The van der Waals surface area contributed by atoms with Crippen LogP contribution in [0.2, 0.25) is 0 Å². The lowest BCUT2D eigenvalue weighted by atomic mass is 10.1. The number of hydrogen-bond acceptors (Lipinski definition) is 3. The quantitative estimate of drug-likeness (QED) is 0.276. The van der Waals surface area contributed by atoms with E-state index in [0.29, 0.717) is 6.54 Å². The maximum absolute atomic E-state index is 4.52. The highest BCUT2D eigenvalue weighted by molar-refractivity contribution is 14.0. The summed E-state index contributed by atoms with van der Waals surface area (Å²) in [5.74, 6) is 0.792. The van der Waals surface area contributed by atoms with Gasteiger partial charge in [-0.2, -0.15) is 0 Å². The average molecular weight is 529 g/mol. The first-order valence-electron chi connectivity index (χ1n) is 10.9. The molecule has 31 heavy (non-hydrogen) atoms. The van der Waals surface area contributed by atoms with Gasteiger partial charge in [0.15, 0.2) is 5.96 Å². The Kier molecular flexibility index (Phi) is 9.09. The smallest absolute Gasteiger partial charge is 0.191 e. The Morgan fingerprint density at radius 3 is 2.39 bits per heavy atom. The molecule has 0 radical (unpaired) electrons. The Labute approximate surface area is 202 Å². The number of hydrogen-bond donors (Lipinski definition) is 2. The number of benzene rings is 2. The predicted octanol–water partition coefficient (Wildman–Crippen LogP) is 4.70. The molecule has 2 aromatic carbocycles. The van der Waals surface area contributed by atoms with Crippen molar-refractivity contribution in [3.63, 3.8) is 0 Å². The van der Waals surface area contributed by atoms with E-state index in [1.54, 1.807) is 7.05 Å². The van der Waals surface area contributed by atoms with Crippen molar-refractivity contribution >= 4 is 40.8 Å². The number of para-hydroxylation sites is 1. The molecular formula is C25H32IN5. The SMILES string of the molecule is CN=C(NCc1ccc(CN2CCCCC2)cc1)NCc1cccc2cccnc12.I. The Balaban J connectivity index is 0.00000272. The summed E-state index contributed by atoms with van der Waals surface area (Å²) in [5, 5.41) is 7.98. The van der Waals surface area contributed by atoms with Crippen molar-refractivity contribution in [3.8, 4) is 0 Å². The molecule has 0 spiro atoms. The molecule has 4 rings (SSSR count). The molecule has 1 aliphatic heterocycles. The van der Waals surface area contributed by atoms with Crippen LogP contribution in [0.15, 0.2) is 65.8 Å². The van der Waals surface area contributed by atoms with Gasteiger partial charge in [-0.1, -0.05) is 55.0 Å². The molecular weight excluding hydrogens is 497 g/mol. The van der Waals surface area contributed by atoms with Gasteiger partial charge < -0.3 is 10.6 Å². The summed E-state index contributed by atoms with van der Waals surface area (Å²) in [6.45, 7) is 4.96. The molecule has 0 atom stereocenters. The number of aromatic nitrogens is 1. The minimum absolute atomic E-state index is 0. The van der Waals surface area contributed by atoms with Crippen LogP contribution in [0.4, 0.5) is 0 Å². The summed E-state index contributed by atoms with van der Waals surface area (Å²) >= 11 is 0. The van der Waals surface area contributed by atoms with Crippen molar-refractivity contribution in [2.45, 2.75) is 38.9 Å². The highest BCUT2D eigenvalue weighted by atomic mass is 127. The zero-order valence-corrected chi connectivity index (χ0v) is 20.5. The lowest BCUT2D eigenvalue weighted by Crippen LogP contribution is -2.36. The fourth-order valence-corrected chi connectivity index (χ4v) is 4.03. The van der Waals surface area contributed by atoms with Crippen molar-refractivity contribution < 1.29 is 0 Å². The Morgan fingerprint density at radius 1 is 0.903 bits per heavy atom. The van der Waals surface area contributed by atoms with E-state index in [9.17, 15) is 0 Å². The number of fused-ring (bicyclic) bond motifs is 1. The molecule has 2 N–H and O–H groups in total. The number of rotatable bonds is 6. The van der Waals surface area contributed by atoms with Gasteiger partial charge in [0.1, 0.15) is 0 Å². The van der Waals surface area contributed by atoms with Crippen LogP contribution in [0.1, 0.15) is 36.0 Å². The molecule has 0 bridgehead atoms. The number of likely N-dealkylation sites (tertiary alicyclic amines) is 1. The average Bonchev–Trinajstić information content (AvgIpc) is 2.81. The van der Waals surface area contributed by atoms with E-state index >= 15 is 0 Å². The van der Waals surface area contributed by atoms with E-state index in [4.69, 9.17) is 0 Å². The molecule has 0 unspecified atom stereocenters. The summed E-state index contributed by atoms with van der Waals surface area (Å²) in [6.07, 6.45) is 5.90. The largest absolute Gasteiger partial charge is 0.352 e. The second-order valence-electron chi connectivity index (χ2n) is 7.92. The summed E-state index contributed by atoms with van der Waals surface area (Å²) in [6, 6.07) is 19.3. The fraction of sp³-hybridized carbons (Fsp3) is 0.360. The van der Waals surface area contributed by atoms with Gasteiger partial charge in [0.2, 0.25) is 0 Å². The molecule has 1 fully saturated rings. The zero-order valence-electron chi connectivity index (χ0n) is 18.2. The number of piperidine rings is 1. The van der Waals surface area contributed by atoms with Gasteiger partial charge in [0.05, 0.1) is 5.52 Å². The van der Waals surface area contributed by atoms with E-state index in [1.165, 1.54) is 43.5 Å². The van der Waals surface area contributed by atoms with E-state index in [2.05, 4.69) is 74.0 Å². The standard InChI is InChI=1S/C25H31N5.HI/c1-26-25(29-18-23-8-5-7-22-9-6-14-27-24(22)23)28-17-20-10-12-21(13-11-20)19-30-15-3-2-4-16-30;/h5-14H,2-4,15-19H2,1H3,(H2,26,28,29);1H. The first kappa shape index (κ1) is 23.5. The lowest BCUT2D eigenvalue weighted by Gasteiger charge is -2.26. The minimum atomic E-state index is 0. The molecule has 3 aromatic rings. The molecule has 1 saturated heterocycles. The number of pyridine rings is 1. The van der Waals surface area contributed by atoms with E-state index in [-0.39, 0.29) is 24.0 Å². The third-order valence-electron chi connectivity index (χ3n) is 5.72. The Hall–Kier alpha value is -2.19. The van der Waals surface area contributed by atoms with Crippen LogP contribution in [0.3, 0.4) is 0 Å². The number of nitrogens with one attached hydrogen (secondary N) is 2. The molecule has 0 amide bonds. The van der Waals surface area contributed by atoms with Crippen molar-refractivity contribution in [2.75, 3.05) is 20.1 Å². The summed E-state index contributed by atoms with van der Waals surface area (Å²) in [5.41, 5.74) is 4.85. The Morgan fingerprint density at radius 2 is 1.61 bits per heavy atom. The third kappa shape index (κ3) is 6.64. The fourth-order valence-electron chi connectivity index (χ4n) is 4.03. The number of guanidine groups is 1. The van der Waals surface area contributed by atoms with E-state index < -0.39 is 0 Å². The van der Waals surface area contributed by atoms with Crippen molar-refractivity contribution in [3.05, 3.63) is 77.5 Å². The topological polar surface area (TPSA) is 52.6 Å². The zero-order chi connectivity index (χ0) is 20.6. The molecule has 2 heterocycles. The number of nitrogens with zero attached hydrogens (tertiary/aromatic N) is 3. The van der Waals surface area contributed by atoms with Gasteiger partial charge in [-0.05, 0) is 48.7 Å². The van der Waals surface area contributed by atoms with E-state index in [1.807, 2.05) is 12.3 Å². The van der Waals surface area contributed by atoms with Crippen molar-refractivity contribution in [2.24, 2.45) is 4.99 Å². The molecule has 1 aromatic heterocycles. The summed E-state index contributed by atoms with van der Waals surface area (Å²) < 4.78 is 0. The molecule has 6 heteroatoms. The molecule has 5 nitrogen and oxygen atoms in total. The third-order valence-corrected chi connectivity index (χ3v) is 5.72. The highest BCUT2D eigenvalue weighted by Gasteiger charge is 2.10. The van der Waals surface area contributed by atoms with Crippen molar-refractivity contribution in [1.82, 2.24) is 20.5 Å². The van der Waals surface area contributed by atoms with Gasteiger partial charge in [0.25, 0.3) is 0 Å². The first-order chi connectivity index (χ1) is 14.8. The van der Waals surface area contributed by atoms with Gasteiger partial charge in [0, 0.05) is 38.3 Å². The van der Waals surface area contributed by atoms with Gasteiger partial charge >= 0.3 is 0 Å². The Bertz CT molecular complexity index is 975. The van der Waals surface area contributed by atoms with Gasteiger partial charge in [-0.25, -0.2) is 0 Å². The molecule has 1 aliphatic rings. The van der Waals surface area contributed by atoms with Crippen LogP contribution in [0, 0.1) is 0 Å². The normalized spacial score (nSPS) is 14.8. The molecule has 0 saturated carbocycles. The van der Waals surface area contributed by atoms with Crippen LogP contribution in [-0.2, 0) is 19.6 Å². The molecule has 0 aliphatic carbocycles. The maximum atomic E-state index is 4.52. The summed E-state index contributed by atoms with van der Waals surface area (Å²) in [4.78, 5) is 11.4. The van der Waals surface area contributed by atoms with E-state index in [0.717, 1.165) is 35.5 Å². The monoisotopic (exact) mass is 529 g/mol. The predicted molar refractivity (Wildman–Crippen MR) is 140 cm³/mol. The van der Waals surface area contributed by atoms with Crippen LogP contribution >= 0.6 is 24.0 Å². The van der Waals surface area contributed by atoms with Crippen LogP contribution in [0.25, 0.3) is 10.9 Å². The maximum Gasteiger partial charge on any atom is 0.191 e. The summed E-state index contributed by atoms with van der Waals surface area (Å²) in [7, 11) is 1.80. The molecule has 164 valence electrons. The van der Waals surface area contributed by atoms with Crippen molar-refractivity contribution in [1.29, 1.82) is 0 Å². The van der Waals surface area contributed by atoms with Gasteiger partial charge in [-0.3, -0.25) is 14.9 Å². The number of aliphatic imine (C=N–C) groups is 1. The highest BCUT2D eigenvalue weighted by Crippen LogP contribution is 2.16. The first-order valence-corrected chi connectivity index (χ1v) is 10.9. The van der Waals surface area contributed by atoms with Crippen LogP contribution in [-0.4, -0.2) is 36.0 Å². The second-order valence-corrected chi connectivity index (χ2v) is 7.92.